The maximum atomic E-state index is 2.59. The topological polar surface area (TPSA) is 0 Å². The van der Waals surface area contributed by atoms with E-state index in [2.05, 4.69) is 41.5 Å². The van der Waals surface area contributed by atoms with E-state index in [1.54, 1.807) is 0 Å². The van der Waals surface area contributed by atoms with Crippen molar-refractivity contribution >= 4 is 0 Å². The molecule has 0 N–H and O–H groups in total. The molecule has 2 fully saturated rings. The van der Waals surface area contributed by atoms with Gasteiger partial charge in [-0.05, 0) is 53.8 Å². The monoisotopic (exact) mass is 334 g/mol. The lowest BCUT2D eigenvalue weighted by atomic mass is 9.54. The molecule has 0 spiro atoms. The SMILES string of the molecule is CCCC(CC)C1C(C)C(C)C(C)C(C)C1CCCCCC1CC1. The Morgan fingerprint density at radius 2 is 1.38 bits per heavy atom. The highest BCUT2D eigenvalue weighted by Crippen LogP contribution is 2.51. The first kappa shape index (κ1) is 20.3. The van der Waals surface area contributed by atoms with Crippen molar-refractivity contribution < 1.29 is 0 Å². The highest BCUT2D eigenvalue weighted by molar-refractivity contribution is 4.93. The van der Waals surface area contributed by atoms with Crippen molar-refractivity contribution in [2.45, 2.75) is 106 Å². The Bertz CT molecular complexity index is 340. The van der Waals surface area contributed by atoms with Crippen LogP contribution in [-0.4, -0.2) is 0 Å². The smallest absolute Gasteiger partial charge is 0.0326 e. The molecule has 2 aliphatic carbocycles. The van der Waals surface area contributed by atoms with Gasteiger partial charge in [-0.15, -0.1) is 0 Å². The van der Waals surface area contributed by atoms with Crippen LogP contribution in [-0.2, 0) is 0 Å². The molecule has 0 aromatic carbocycles. The summed E-state index contributed by atoms with van der Waals surface area (Å²) >= 11 is 0. The molecule has 0 radical (unpaired) electrons. The third-order valence-electron chi connectivity index (χ3n) is 8.34. The summed E-state index contributed by atoms with van der Waals surface area (Å²) in [6.07, 6.45) is 14.8. The Morgan fingerprint density at radius 3 is 1.96 bits per heavy atom. The maximum absolute atomic E-state index is 2.59. The van der Waals surface area contributed by atoms with Gasteiger partial charge in [-0.2, -0.15) is 0 Å². The van der Waals surface area contributed by atoms with E-state index in [4.69, 9.17) is 0 Å². The first-order chi connectivity index (χ1) is 11.5. The summed E-state index contributed by atoms with van der Waals surface area (Å²) in [5.74, 6) is 7.73. The van der Waals surface area contributed by atoms with E-state index in [0.29, 0.717) is 0 Å². The van der Waals surface area contributed by atoms with Crippen LogP contribution in [0.5, 0.6) is 0 Å². The van der Waals surface area contributed by atoms with Crippen molar-refractivity contribution in [2.24, 2.45) is 47.3 Å². The zero-order valence-corrected chi connectivity index (χ0v) is 17.7. The van der Waals surface area contributed by atoms with Crippen LogP contribution in [0.25, 0.3) is 0 Å². The summed E-state index contributed by atoms with van der Waals surface area (Å²) in [6.45, 7) is 15.1. The zero-order chi connectivity index (χ0) is 17.7. The molecule has 0 nitrogen and oxygen atoms in total. The van der Waals surface area contributed by atoms with Crippen LogP contribution in [0.2, 0.25) is 0 Å². The van der Waals surface area contributed by atoms with Crippen LogP contribution in [0.3, 0.4) is 0 Å². The van der Waals surface area contributed by atoms with Gasteiger partial charge in [-0.25, -0.2) is 0 Å². The van der Waals surface area contributed by atoms with Crippen LogP contribution in [0.1, 0.15) is 106 Å². The minimum atomic E-state index is 0.905. The van der Waals surface area contributed by atoms with E-state index >= 15 is 0 Å². The van der Waals surface area contributed by atoms with Crippen molar-refractivity contribution in [1.29, 1.82) is 0 Å². The normalized spacial score (nSPS) is 38.2. The second-order valence-electron chi connectivity index (χ2n) is 9.72. The average Bonchev–Trinajstić information content (AvgIpc) is 3.40. The third kappa shape index (κ3) is 5.01. The van der Waals surface area contributed by atoms with Crippen molar-refractivity contribution in [2.75, 3.05) is 0 Å². The van der Waals surface area contributed by atoms with Gasteiger partial charge in [0.15, 0.2) is 0 Å². The molecule has 0 amide bonds. The van der Waals surface area contributed by atoms with Gasteiger partial charge >= 0.3 is 0 Å². The number of hydrogen-bond donors (Lipinski definition) is 0. The molecule has 0 aromatic rings. The van der Waals surface area contributed by atoms with Crippen LogP contribution >= 0.6 is 0 Å². The van der Waals surface area contributed by atoms with Gasteiger partial charge in [0.25, 0.3) is 0 Å². The second-order valence-corrected chi connectivity index (χ2v) is 9.72. The zero-order valence-electron chi connectivity index (χ0n) is 17.7. The molecular weight excluding hydrogens is 288 g/mol. The fraction of sp³-hybridized carbons (Fsp3) is 1.00. The predicted molar refractivity (Wildman–Crippen MR) is 108 cm³/mol. The predicted octanol–water partition coefficient (Wildman–Crippen LogP) is 7.96. The lowest BCUT2D eigenvalue weighted by Gasteiger charge is -2.51. The molecule has 7 atom stereocenters. The number of unbranched alkanes of at least 4 members (excludes halogenated alkanes) is 2. The van der Waals surface area contributed by atoms with E-state index in [-0.39, 0.29) is 0 Å². The fourth-order valence-corrected chi connectivity index (χ4v) is 6.11. The van der Waals surface area contributed by atoms with Crippen molar-refractivity contribution in [1.82, 2.24) is 0 Å². The highest BCUT2D eigenvalue weighted by atomic mass is 14.5. The Kier molecular flexibility index (Phi) is 8.15. The van der Waals surface area contributed by atoms with E-state index in [1.165, 1.54) is 64.2 Å². The Morgan fingerprint density at radius 1 is 0.750 bits per heavy atom. The molecule has 24 heavy (non-hydrogen) atoms. The molecule has 0 bridgehead atoms. The lowest BCUT2D eigenvalue weighted by molar-refractivity contribution is -0.0282. The van der Waals surface area contributed by atoms with Crippen molar-refractivity contribution in [3.05, 3.63) is 0 Å². The van der Waals surface area contributed by atoms with E-state index in [0.717, 1.165) is 47.3 Å². The molecule has 142 valence electrons. The van der Waals surface area contributed by atoms with Gasteiger partial charge in [0, 0.05) is 0 Å². The first-order valence-corrected chi connectivity index (χ1v) is 11.5. The molecule has 0 saturated heterocycles. The van der Waals surface area contributed by atoms with Gasteiger partial charge in [0.05, 0.1) is 0 Å². The molecule has 7 unspecified atom stereocenters. The summed E-state index contributed by atoms with van der Waals surface area (Å²) in [5, 5.41) is 0. The van der Waals surface area contributed by atoms with Gasteiger partial charge in [0.1, 0.15) is 0 Å². The van der Waals surface area contributed by atoms with Crippen LogP contribution in [0.15, 0.2) is 0 Å². The Labute approximate surface area is 153 Å². The van der Waals surface area contributed by atoms with Crippen molar-refractivity contribution in [3.63, 3.8) is 0 Å². The van der Waals surface area contributed by atoms with Crippen LogP contribution < -0.4 is 0 Å². The lowest BCUT2D eigenvalue weighted by Crippen LogP contribution is -2.45. The molecular formula is C24H46. The van der Waals surface area contributed by atoms with Gasteiger partial charge in [-0.1, -0.05) is 99.3 Å². The first-order valence-electron chi connectivity index (χ1n) is 11.5. The van der Waals surface area contributed by atoms with E-state index in [1.807, 2.05) is 0 Å². The quantitative estimate of drug-likeness (QED) is 0.355. The Hall–Kier alpha value is 0. The number of hydrogen-bond acceptors (Lipinski definition) is 0. The van der Waals surface area contributed by atoms with Crippen LogP contribution in [0, 0.1) is 47.3 Å². The molecule has 2 saturated carbocycles. The van der Waals surface area contributed by atoms with E-state index in [9.17, 15) is 0 Å². The van der Waals surface area contributed by atoms with Gasteiger partial charge in [0.2, 0.25) is 0 Å². The highest BCUT2D eigenvalue weighted by Gasteiger charge is 2.45. The number of rotatable bonds is 10. The third-order valence-corrected chi connectivity index (χ3v) is 8.34. The maximum Gasteiger partial charge on any atom is -0.0326 e. The average molecular weight is 335 g/mol. The summed E-state index contributed by atoms with van der Waals surface area (Å²) in [6, 6.07) is 0. The van der Waals surface area contributed by atoms with Gasteiger partial charge in [-0.3, -0.25) is 0 Å². The summed E-state index contributed by atoms with van der Waals surface area (Å²) < 4.78 is 0. The van der Waals surface area contributed by atoms with Gasteiger partial charge < -0.3 is 0 Å². The van der Waals surface area contributed by atoms with Crippen LogP contribution in [0.4, 0.5) is 0 Å². The molecule has 2 rings (SSSR count). The fourth-order valence-electron chi connectivity index (χ4n) is 6.11. The molecule has 0 heterocycles. The standard InChI is InChI=1S/C24H46/c1-7-12-22(8-2)24-20(6)18(4)17(3)19(5)23(24)14-11-9-10-13-21-15-16-21/h17-24H,7-16H2,1-6H3. The van der Waals surface area contributed by atoms with E-state index < -0.39 is 0 Å². The summed E-state index contributed by atoms with van der Waals surface area (Å²) in [7, 11) is 0. The minimum Gasteiger partial charge on any atom is -0.0654 e. The molecule has 0 aliphatic heterocycles. The summed E-state index contributed by atoms with van der Waals surface area (Å²) in [4.78, 5) is 0. The molecule has 2 aliphatic rings. The second kappa shape index (κ2) is 9.63. The largest absolute Gasteiger partial charge is 0.0654 e. The molecule has 0 heteroatoms. The summed E-state index contributed by atoms with van der Waals surface area (Å²) in [5.41, 5.74) is 0. The minimum absolute atomic E-state index is 0.905. The molecule has 0 aromatic heterocycles. The Balaban J connectivity index is 1.96. The van der Waals surface area contributed by atoms with Crippen molar-refractivity contribution in [3.8, 4) is 0 Å².